The Bertz CT molecular complexity index is 650. The summed E-state index contributed by atoms with van der Waals surface area (Å²) in [6, 6.07) is 3.94. The first-order chi connectivity index (χ1) is 11.9. The SMILES string of the molecule is Cc1ccc(N2CCN(C)[C@]3(CCC(=O)N(CC(=O)O)CC3)C2)nn1. The van der Waals surface area contributed by atoms with Crippen LogP contribution in [0.2, 0.25) is 0 Å². The summed E-state index contributed by atoms with van der Waals surface area (Å²) in [6.07, 6.45) is 1.87. The van der Waals surface area contributed by atoms with Crippen LogP contribution >= 0.6 is 0 Å². The van der Waals surface area contributed by atoms with Crippen molar-refractivity contribution in [1.29, 1.82) is 0 Å². The molecule has 0 bridgehead atoms. The molecule has 136 valence electrons. The number of anilines is 1. The maximum absolute atomic E-state index is 12.3. The summed E-state index contributed by atoms with van der Waals surface area (Å²) < 4.78 is 0. The van der Waals surface area contributed by atoms with E-state index in [1.54, 1.807) is 0 Å². The number of carbonyl (C=O) groups is 2. The lowest BCUT2D eigenvalue weighted by Crippen LogP contribution is -2.61. The fourth-order valence-corrected chi connectivity index (χ4v) is 3.78. The van der Waals surface area contributed by atoms with E-state index in [0.29, 0.717) is 13.0 Å². The Hall–Kier alpha value is -2.22. The molecule has 8 nitrogen and oxygen atoms in total. The minimum Gasteiger partial charge on any atom is -0.480 e. The molecule has 1 spiro atoms. The van der Waals surface area contributed by atoms with Crippen LogP contribution in [0.4, 0.5) is 5.82 Å². The van der Waals surface area contributed by atoms with Gasteiger partial charge in [0.2, 0.25) is 5.91 Å². The number of likely N-dealkylation sites (tertiary alicyclic amines) is 1. The number of aromatic nitrogens is 2. The lowest BCUT2D eigenvalue weighted by molar-refractivity contribution is -0.144. The van der Waals surface area contributed by atoms with E-state index in [4.69, 9.17) is 5.11 Å². The van der Waals surface area contributed by atoms with E-state index in [9.17, 15) is 9.59 Å². The molecule has 2 aliphatic heterocycles. The highest BCUT2D eigenvalue weighted by atomic mass is 16.4. The molecule has 0 aromatic carbocycles. The van der Waals surface area contributed by atoms with Crippen molar-refractivity contribution in [3.63, 3.8) is 0 Å². The van der Waals surface area contributed by atoms with Crippen molar-refractivity contribution in [3.05, 3.63) is 17.8 Å². The number of amides is 1. The van der Waals surface area contributed by atoms with Crippen LogP contribution in [0.15, 0.2) is 12.1 Å². The third-order valence-corrected chi connectivity index (χ3v) is 5.44. The quantitative estimate of drug-likeness (QED) is 0.845. The number of hydrogen-bond acceptors (Lipinski definition) is 6. The van der Waals surface area contributed by atoms with Gasteiger partial charge in [-0.2, -0.15) is 5.10 Å². The first-order valence-corrected chi connectivity index (χ1v) is 8.66. The zero-order valence-corrected chi connectivity index (χ0v) is 14.8. The van der Waals surface area contributed by atoms with Gasteiger partial charge in [-0.1, -0.05) is 0 Å². The Morgan fingerprint density at radius 1 is 1.24 bits per heavy atom. The van der Waals surface area contributed by atoms with Crippen molar-refractivity contribution in [3.8, 4) is 0 Å². The van der Waals surface area contributed by atoms with E-state index in [0.717, 1.165) is 44.0 Å². The lowest BCUT2D eigenvalue weighted by atomic mass is 9.86. The highest BCUT2D eigenvalue weighted by Crippen LogP contribution is 2.33. The first-order valence-electron chi connectivity index (χ1n) is 8.66. The number of rotatable bonds is 3. The largest absolute Gasteiger partial charge is 0.480 e. The van der Waals surface area contributed by atoms with Crippen LogP contribution in [0.1, 0.15) is 25.0 Å². The van der Waals surface area contributed by atoms with Crippen LogP contribution in [0.5, 0.6) is 0 Å². The molecule has 0 radical (unpaired) electrons. The first kappa shape index (κ1) is 17.6. The van der Waals surface area contributed by atoms with Gasteiger partial charge in [0.1, 0.15) is 6.54 Å². The van der Waals surface area contributed by atoms with Crippen molar-refractivity contribution in [1.82, 2.24) is 20.0 Å². The van der Waals surface area contributed by atoms with Crippen LogP contribution in [-0.4, -0.2) is 82.3 Å². The van der Waals surface area contributed by atoms with Crippen LogP contribution in [0.3, 0.4) is 0 Å². The molecule has 1 amide bonds. The molecule has 3 rings (SSSR count). The minimum absolute atomic E-state index is 0.0695. The van der Waals surface area contributed by atoms with Crippen LogP contribution in [0.25, 0.3) is 0 Å². The van der Waals surface area contributed by atoms with Gasteiger partial charge in [-0.3, -0.25) is 14.5 Å². The predicted molar refractivity (Wildman–Crippen MR) is 92.4 cm³/mol. The van der Waals surface area contributed by atoms with Gasteiger partial charge in [-0.15, -0.1) is 5.10 Å². The minimum atomic E-state index is -0.960. The highest BCUT2D eigenvalue weighted by Gasteiger charge is 2.42. The Balaban J connectivity index is 1.77. The molecule has 1 aromatic rings. The molecular weight excluding hydrogens is 322 g/mol. The number of aryl methyl sites for hydroxylation is 1. The normalized spacial score (nSPS) is 25.3. The van der Waals surface area contributed by atoms with Gasteiger partial charge in [0.05, 0.1) is 5.69 Å². The molecule has 0 aliphatic carbocycles. The van der Waals surface area contributed by atoms with Crippen LogP contribution in [-0.2, 0) is 9.59 Å². The second-order valence-electron chi connectivity index (χ2n) is 7.06. The summed E-state index contributed by atoms with van der Waals surface area (Å²) in [7, 11) is 2.09. The maximum atomic E-state index is 12.3. The van der Waals surface area contributed by atoms with E-state index < -0.39 is 5.97 Å². The van der Waals surface area contributed by atoms with E-state index in [-0.39, 0.29) is 18.0 Å². The van der Waals surface area contributed by atoms with Crippen molar-refractivity contribution in [2.45, 2.75) is 31.7 Å². The molecule has 0 unspecified atom stereocenters. The Morgan fingerprint density at radius 2 is 2.04 bits per heavy atom. The topological polar surface area (TPSA) is 89.9 Å². The van der Waals surface area contributed by atoms with E-state index in [1.807, 2.05) is 19.1 Å². The number of carboxylic acid groups (broad SMARTS) is 1. The predicted octanol–water partition coefficient (Wildman–Crippen LogP) is 0.373. The molecule has 1 N–H and O–H groups in total. The summed E-state index contributed by atoms with van der Waals surface area (Å²) in [5, 5.41) is 17.5. The third-order valence-electron chi connectivity index (χ3n) is 5.44. The molecule has 2 aliphatic rings. The molecule has 0 saturated carbocycles. The fourth-order valence-electron chi connectivity index (χ4n) is 3.78. The van der Waals surface area contributed by atoms with Gasteiger partial charge >= 0.3 is 5.97 Å². The van der Waals surface area contributed by atoms with Gasteiger partial charge in [0.25, 0.3) is 0 Å². The van der Waals surface area contributed by atoms with Gasteiger partial charge in [-0.25, -0.2) is 0 Å². The molecule has 8 heteroatoms. The van der Waals surface area contributed by atoms with Gasteiger partial charge in [0.15, 0.2) is 5.82 Å². The summed E-state index contributed by atoms with van der Waals surface area (Å²) in [6.45, 7) is 4.69. The fraction of sp³-hybridized carbons (Fsp3) is 0.647. The summed E-state index contributed by atoms with van der Waals surface area (Å²) in [4.78, 5) is 29.3. The third kappa shape index (κ3) is 3.73. The van der Waals surface area contributed by atoms with Crippen molar-refractivity contribution < 1.29 is 14.7 Å². The molecule has 1 atom stereocenters. The molecule has 2 saturated heterocycles. The molecule has 2 fully saturated rings. The lowest BCUT2D eigenvalue weighted by Gasteiger charge is -2.49. The average Bonchev–Trinajstić information content (AvgIpc) is 2.72. The smallest absolute Gasteiger partial charge is 0.323 e. The number of carboxylic acids is 1. The monoisotopic (exact) mass is 347 g/mol. The average molecular weight is 347 g/mol. The second kappa shape index (κ2) is 6.95. The summed E-state index contributed by atoms with van der Waals surface area (Å²) in [5.74, 6) is -0.172. The van der Waals surface area contributed by atoms with Gasteiger partial charge < -0.3 is 14.9 Å². The number of likely N-dealkylation sites (N-methyl/N-ethyl adjacent to an activating group) is 1. The van der Waals surface area contributed by atoms with E-state index in [1.165, 1.54) is 4.90 Å². The maximum Gasteiger partial charge on any atom is 0.323 e. The van der Waals surface area contributed by atoms with E-state index >= 15 is 0 Å². The Morgan fingerprint density at radius 3 is 2.72 bits per heavy atom. The molecule has 25 heavy (non-hydrogen) atoms. The van der Waals surface area contributed by atoms with Gasteiger partial charge in [0, 0.05) is 38.1 Å². The van der Waals surface area contributed by atoms with E-state index in [2.05, 4.69) is 27.0 Å². The number of nitrogens with zero attached hydrogens (tertiary/aromatic N) is 5. The van der Waals surface area contributed by atoms with Crippen LogP contribution in [0, 0.1) is 6.92 Å². The summed E-state index contributed by atoms with van der Waals surface area (Å²) >= 11 is 0. The number of carbonyl (C=O) groups excluding carboxylic acids is 1. The zero-order chi connectivity index (χ0) is 18.0. The number of piperazine rings is 1. The summed E-state index contributed by atoms with van der Waals surface area (Å²) in [5.41, 5.74) is 0.741. The van der Waals surface area contributed by atoms with Crippen molar-refractivity contribution in [2.75, 3.05) is 44.7 Å². The zero-order valence-electron chi connectivity index (χ0n) is 14.8. The number of aliphatic carboxylic acids is 1. The molecular formula is C17H25N5O3. The second-order valence-corrected chi connectivity index (χ2v) is 7.06. The number of hydrogen-bond donors (Lipinski definition) is 1. The standard InChI is InChI=1S/C17H25N5O3/c1-13-3-4-14(19-18-13)22-10-9-20(2)17(12-22)6-5-15(23)21(8-7-17)11-16(24)25/h3-4H,5-12H2,1-2H3,(H,24,25)/t17-/m0/s1. The highest BCUT2D eigenvalue weighted by molar-refractivity contribution is 5.81. The Kier molecular flexibility index (Phi) is 4.89. The molecule has 1 aromatic heterocycles. The van der Waals surface area contributed by atoms with Crippen molar-refractivity contribution in [2.24, 2.45) is 0 Å². The molecule has 3 heterocycles. The Labute approximate surface area is 147 Å². The van der Waals surface area contributed by atoms with Crippen LogP contribution < -0.4 is 4.90 Å². The van der Waals surface area contributed by atoms with Gasteiger partial charge in [-0.05, 0) is 38.9 Å². The van der Waals surface area contributed by atoms with Crippen molar-refractivity contribution >= 4 is 17.7 Å².